The summed E-state index contributed by atoms with van der Waals surface area (Å²) in [6.07, 6.45) is 9.44. The fraction of sp³-hybridized carbons (Fsp3) is 0.312. The van der Waals surface area contributed by atoms with Crippen LogP contribution in [0.25, 0.3) is 6.20 Å². The molecule has 0 saturated heterocycles. The van der Waals surface area contributed by atoms with Crippen molar-refractivity contribution in [1.29, 1.82) is 0 Å². The van der Waals surface area contributed by atoms with Crippen LogP contribution < -0.4 is 16.4 Å². The monoisotopic (exact) mass is 574 g/mol. The molecule has 0 aliphatic heterocycles. The van der Waals surface area contributed by atoms with E-state index in [0.717, 1.165) is 12.8 Å². The van der Waals surface area contributed by atoms with Gasteiger partial charge in [-0.25, -0.2) is 4.39 Å². The Labute approximate surface area is 242 Å². The minimum Gasteiger partial charge on any atom is -0.329 e. The van der Waals surface area contributed by atoms with Gasteiger partial charge in [0.25, 0.3) is 11.1 Å². The topological polar surface area (TPSA) is 96.3 Å². The summed E-state index contributed by atoms with van der Waals surface area (Å²) in [5.74, 6) is -0.746. The number of allylic oxidation sites excluding steroid dienone is 2. The van der Waals surface area contributed by atoms with Crippen LogP contribution in [0.15, 0.2) is 75.5 Å². The molecule has 0 bridgehead atoms. The number of hydrogen-bond donors (Lipinski definition) is 2. The molecule has 7 nitrogen and oxygen atoms in total. The number of H-pyrrole nitrogens is 1. The van der Waals surface area contributed by atoms with Crippen molar-refractivity contribution in [3.8, 4) is 0 Å². The summed E-state index contributed by atoms with van der Waals surface area (Å²) in [4.78, 5) is 45.4. The minimum atomic E-state index is -0.611. The van der Waals surface area contributed by atoms with E-state index in [9.17, 15) is 14.4 Å². The zero-order chi connectivity index (χ0) is 29.5. The Kier molecular flexibility index (Phi) is 7.70. The summed E-state index contributed by atoms with van der Waals surface area (Å²) in [5, 5.41) is 2.79. The molecule has 2 N–H and O–H groups in total. The van der Waals surface area contributed by atoms with E-state index < -0.39 is 16.8 Å². The highest BCUT2D eigenvalue weighted by Crippen LogP contribution is 2.60. The molecule has 2 aromatic heterocycles. The van der Waals surface area contributed by atoms with Gasteiger partial charge in [-0.05, 0) is 80.3 Å². The van der Waals surface area contributed by atoms with Gasteiger partial charge in [-0.3, -0.25) is 23.9 Å². The van der Waals surface area contributed by atoms with Gasteiger partial charge in [0.05, 0.1) is 11.4 Å². The number of nitrogens with one attached hydrogen (secondary N) is 2. The molecule has 3 unspecified atom stereocenters. The molecule has 41 heavy (non-hydrogen) atoms. The van der Waals surface area contributed by atoms with E-state index in [1.165, 1.54) is 23.0 Å². The molecule has 2 heterocycles. The van der Waals surface area contributed by atoms with Gasteiger partial charge in [-0.2, -0.15) is 0 Å². The van der Waals surface area contributed by atoms with Gasteiger partial charge in [-0.1, -0.05) is 43.7 Å². The van der Waals surface area contributed by atoms with Crippen LogP contribution in [0.2, 0.25) is 5.02 Å². The smallest absolute Gasteiger partial charge is 0.273 e. The highest BCUT2D eigenvalue weighted by Gasteiger charge is 2.50. The molecule has 212 valence electrons. The quantitative estimate of drug-likeness (QED) is 0.305. The second-order valence-electron chi connectivity index (χ2n) is 11.1. The van der Waals surface area contributed by atoms with Gasteiger partial charge in [0.2, 0.25) is 5.91 Å². The maximum absolute atomic E-state index is 15.6. The number of aryl methyl sites for hydroxylation is 1. The van der Waals surface area contributed by atoms with Crippen molar-refractivity contribution < 1.29 is 9.18 Å². The maximum Gasteiger partial charge on any atom is 0.273 e. The third-order valence-electron chi connectivity index (χ3n) is 8.17. The number of aromatic nitrogens is 2. The molecule has 3 aromatic rings. The van der Waals surface area contributed by atoms with E-state index in [0.29, 0.717) is 16.8 Å². The fourth-order valence-corrected chi connectivity index (χ4v) is 5.58. The predicted octanol–water partition coefficient (Wildman–Crippen LogP) is 6.39. The summed E-state index contributed by atoms with van der Waals surface area (Å²) < 4.78 is 17.0. The van der Waals surface area contributed by atoms with Crippen molar-refractivity contribution in [2.45, 2.75) is 52.4 Å². The summed E-state index contributed by atoms with van der Waals surface area (Å²) in [6, 6.07) is 10.2. The first kappa shape index (κ1) is 28.5. The zero-order valence-corrected chi connectivity index (χ0v) is 24.1. The SMILES string of the molecule is C/C=C/N=C(/C=C/n1c(C)cc(C2C(C)C2c2ccc[nH]c2=O)c(Cl)c1=O)c1cccc(NC(=O)C2(C)CC2)c1F. The Morgan fingerprint density at radius 2 is 1.93 bits per heavy atom. The maximum atomic E-state index is 15.6. The van der Waals surface area contributed by atoms with Gasteiger partial charge in [0, 0.05) is 40.8 Å². The van der Waals surface area contributed by atoms with Crippen molar-refractivity contribution in [3.63, 3.8) is 0 Å². The van der Waals surface area contributed by atoms with Crippen LogP contribution in [0.3, 0.4) is 0 Å². The molecular weight excluding hydrogens is 543 g/mol. The minimum absolute atomic E-state index is 0.0274. The second kappa shape index (κ2) is 11.1. The molecule has 2 aliphatic carbocycles. The number of carbonyl (C=O) groups is 1. The number of hydrogen-bond acceptors (Lipinski definition) is 4. The van der Waals surface area contributed by atoms with E-state index in [4.69, 9.17) is 11.6 Å². The van der Waals surface area contributed by atoms with Gasteiger partial charge in [0.1, 0.15) is 5.02 Å². The largest absolute Gasteiger partial charge is 0.329 e. The lowest BCUT2D eigenvalue weighted by molar-refractivity contribution is -0.120. The van der Waals surface area contributed by atoms with Crippen LogP contribution in [-0.4, -0.2) is 21.2 Å². The van der Waals surface area contributed by atoms with Gasteiger partial charge in [-0.15, -0.1) is 0 Å². The summed E-state index contributed by atoms with van der Waals surface area (Å²) >= 11 is 6.62. The first-order valence-electron chi connectivity index (χ1n) is 13.6. The van der Waals surface area contributed by atoms with Crippen LogP contribution in [0.4, 0.5) is 10.1 Å². The number of anilines is 1. The van der Waals surface area contributed by atoms with Gasteiger partial charge < -0.3 is 10.3 Å². The molecule has 2 aliphatic rings. The molecule has 5 rings (SSSR count). The number of rotatable bonds is 8. The molecule has 2 fully saturated rings. The normalized spacial score (nSPS) is 21.4. The van der Waals surface area contributed by atoms with Crippen molar-refractivity contribution in [2.75, 3.05) is 5.32 Å². The van der Waals surface area contributed by atoms with Crippen LogP contribution in [0.1, 0.15) is 67.8 Å². The first-order valence-corrected chi connectivity index (χ1v) is 14.0. The van der Waals surface area contributed by atoms with Crippen LogP contribution >= 0.6 is 11.6 Å². The van der Waals surface area contributed by atoms with Crippen molar-refractivity contribution in [1.82, 2.24) is 9.55 Å². The van der Waals surface area contributed by atoms with E-state index in [-0.39, 0.29) is 51.2 Å². The Bertz CT molecular complexity index is 1730. The summed E-state index contributed by atoms with van der Waals surface area (Å²) in [6.45, 7) is 7.48. The molecule has 9 heteroatoms. The van der Waals surface area contributed by atoms with Crippen LogP contribution in [0.5, 0.6) is 0 Å². The number of amides is 1. The van der Waals surface area contributed by atoms with Crippen LogP contribution in [-0.2, 0) is 4.79 Å². The molecule has 1 amide bonds. The summed E-state index contributed by atoms with van der Waals surface area (Å²) in [5.41, 5.74) is 1.53. The molecule has 0 radical (unpaired) electrons. The van der Waals surface area contributed by atoms with Crippen LogP contribution in [0, 0.1) is 24.1 Å². The number of aromatic amines is 1. The third kappa shape index (κ3) is 5.48. The van der Waals surface area contributed by atoms with E-state index in [1.54, 1.807) is 50.4 Å². The third-order valence-corrected chi connectivity index (χ3v) is 8.55. The molecule has 3 atom stereocenters. The molecular formula is C32H32ClFN4O3. The zero-order valence-electron chi connectivity index (χ0n) is 23.4. The molecule has 0 spiro atoms. The number of carbonyl (C=O) groups excluding carboxylic acids is 1. The van der Waals surface area contributed by atoms with Crippen molar-refractivity contribution >= 4 is 35.1 Å². The Morgan fingerprint density at radius 1 is 1.20 bits per heavy atom. The predicted molar refractivity (Wildman–Crippen MR) is 161 cm³/mol. The standard InChI is InChI=1S/C32H32ClFN4O3/c1-5-14-35-23(20-8-6-10-24(28(20)34)37-31(41)32(4)12-13-32)11-16-38-18(2)17-22(27(33)30(38)40)26-19(3)25(26)21-9-7-15-36-29(21)39/h5-11,14-17,19,25-26H,12-13H2,1-4H3,(H,36,39)(H,37,41)/b14-5+,16-11+,35-23-. The highest BCUT2D eigenvalue weighted by molar-refractivity contribution is 6.31. The second-order valence-corrected chi connectivity index (χ2v) is 11.5. The Balaban J connectivity index is 1.46. The first-order chi connectivity index (χ1) is 19.6. The number of aliphatic imine (C=N–C) groups is 1. The number of benzene rings is 1. The summed E-state index contributed by atoms with van der Waals surface area (Å²) in [7, 11) is 0. The number of halogens is 2. The lowest BCUT2D eigenvalue weighted by atomic mass is 10.1. The van der Waals surface area contributed by atoms with Gasteiger partial charge >= 0.3 is 0 Å². The molecule has 1 aromatic carbocycles. The fourth-order valence-electron chi connectivity index (χ4n) is 5.30. The van der Waals surface area contributed by atoms with E-state index in [2.05, 4.69) is 15.3 Å². The molecule has 2 saturated carbocycles. The van der Waals surface area contributed by atoms with Crippen molar-refractivity contribution in [2.24, 2.45) is 16.3 Å². The average molecular weight is 575 g/mol. The highest BCUT2D eigenvalue weighted by atomic mass is 35.5. The Morgan fingerprint density at radius 3 is 2.61 bits per heavy atom. The Hall–Kier alpha value is -4.04. The van der Waals surface area contributed by atoms with Crippen molar-refractivity contribution in [3.05, 3.63) is 115 Å². The number of nitrogens with zero attached hydrogens (tertiary/aromatic N) is 2. The van der Waals surface area contributed by atoms with E-state index in [1.807, 2.05) is 26.0 Å². The number of pyridine rings is 2. The lowest BCUT2D eigenvalue weighted by Crippen LogP contribution is -2.22. The average Bonchev–Trinajstić information content (AvgIpc) is 3.86. The lowest BCUT2D eigenvalue weighted by Gasteiger charge is -2.13. The van der Waals surface area contributed by atoms with Gasteiger partial charge in [0.15, 0.2) is 5.82 Å². The van der Waals surface area contributed by atoms with E-state index >= 15 is 4.39 Å².